The number of fused-ring (bicyclic) bond motifs is 2. The lowest BCUT2D eigenvalue weighted by Crippen LogP contribution is -2.38. The molecule has 30 heavy (non-hydrogen) atoms. The number of carbonyl (C=O) groups excluding carboxylic acids is 2. The van der Waals surface area contributed by atoms with Gasteiger partial charge in [-0.05, 0) is 43.9 Å². The Balaban J connectivity index is 1.45. The molecule has 1 aromatic carbocycles. The molecule has 1 N–H and O–H groups in total. The van der Waals surface area contributed by atoms with E-state index in [1.54, 1.807) is 22.8 Å². The van der Waals surface area contributed by atoms with Crippen LogP contribution in [-0.4, -0.2) is 34.1 Å². The van der Waals surface area contributed by atoms with E-state index in [1.807, 2.05) is 0 Å². The van der Waals surface area contributed by atoms with Gasteiger partial charge in [0.25, 0.3) is 11.5 Å². The summed E-state index contributed by atoms with van der Waals surface area (Å²) in [7, 11) is 0. The van der Waals surface area contributed by atoms with Crippen LogP contribution < -0.4 is 10.9 Å². The molecule has 4 rings (SSSR count). The highest BCUT2D eigenvalue weighted by molar-refractivity contribution is 5.95. The summed E-state index contributed by atoms with van der Waals surface area (Å²) in [4.78, 5) is 42.1. The molecule has 1 amide bonds. The Morgan fingerprint density at radius 3 is 2.67 bits per heavy atom. The number of benzene rings is 1. The highest BCUT2D eigenvalue weighted by Gasteiger charge is 2.18. The van der Waals surface area contributed by atoms with Crippen LogP contribution >= 0.6 is 0 Å². The van der Waals surface area contributed by atoms with Crippen molar-refractivity contribution in [2.75, 3.05) is 6.61 Å². The Kier molecular flexibility index (Phi) is 6.45. The zero-order chi connectivity index (χ0) is 20.9. The molecule has 7 nitrogen and oxygen atoms in total. The van der Waals surface area contributed by atoms with Gasteiger partial charge in [-0.2, -0.15) is 0 Å². The van der Waals surface area contributed by atoms with Crippen molar-refractivity contribution in [1.29, 1.82) is 0 Å². The zero-order valence-corrected chi connectivity index (χ0v) is 17.3. The third kappa shape index (κ3) is 4.71. The Hall–Kier alpha value is -2.70. The van der Waals surface area contributed by atoms with Crippen molar-refractivity contribution in [3.8, 4) is 0 Å². The second kappa shape index (κ2) is 9.41. The summed E-state index contributed by atoms with van der Waals surface area (Å²) in [5.41, 5.74) is 0.757. The van der Waals surface area contributed by atoms with Gasteiger partial charge in [0.2, 0.25) is 0 Å². The molecule has 0 spiro atoms. The fourth-order valence-corrected chi connectivity index (χ4v) is 4.45. The van der Waals surface area contributed by atoms with E-state index in [2.05, 4.69) is 10.3 Å². The first-order valence-electron chi connectivity index (χ1n) is 11.1. The molecule has 0 saturated heterocycles. The molecule has 0 unspecified atom stereocenters. The van der Waals surface area contributed by atoms with Crippen LogP contribution in [0.5, 0.6) is 0 Å². The van der Waals surface area contributed by atoms with Crippen LogP contribution in [0.3, 0.4) is 0 Å². The minimum absolute atomic E-state index is 0.0522. The van der Waals surface area contributed by atoms with Crippen LogP contribution in [0.25, 0.3) is 10.9 Å². The fourth-order valence-electron chi connectivity index (χ4n) is 4.45. The van der Waals surface area contributed by atoms with Gasteiger partial charge in [0.05, 0.1) is 16.5 Å². The van der Waals surface area contributed by atoms with Crippen molar-refractivity contribution in [2.45, 2.75) is 76.8 Å². The second-order valence-corrected chi connectivity index (χ2v) is 8.36. The molecule has 1 aliphatic carbocycles. The van der Waals surface area contributed by atoms with Gasteiger partial charge in [-0.3, -0.25) is 14.2 Å². The van der Waals surface area contributed by atoms with E-state index in [-0.39, 0.29) is 24.1 Å². The van der Waals surface area contributed by atoms with Gasteiger partial charge in [0.1, 0.15) is 5.82 Å². The normalized spacial score (nSPS) is 17.6. The monoisotopic (exact) mass is 411 g/mol. The van der Waals surface area contributed by atoms with E-state index in [0.29, 0.717) is 23.0 Å². The third-order valence-corrected chi connectivity index (χ3v) is 6.11. The lowest BCUT2D eigenvalue weighted by atomic mass is 9.95. The lowest BCUT2D eigenvalue weighted by Gasteiger charge is -2.22. The van der Waals surface area contributed by atoms with E-state index >= 15 is 0 Å². The molecule has 1 aliphatic heterocycles. The largest absolute Gasteiger partial charge is 0.452 e. The lowest BCUT2D eigenvalue weighted by molar-refractivity contribution is -0.125. The van der Waals surface area contributed by atoms with E-state index in [0.717, 1.165) is 63.6 Å². The molecule has 2 aromatic rings. The van der Waals surface area contributed by atoms with Crippen molar-refractivity contribution in [1.82, 2.24) is 14.9 Å². The molecule has 7 heteroatoms. The van der Waals surface area contributed by atoms with E-state index < -0.39 is 5.97 Å². The minimum atomic E-state index is -0.579. The van der Waals surface area contributed by atoms with Gasteiger partial charge < -0.3 is 10.1 Å². The predicted octanol–water partition coefficient (Wildman–Crippen LogP) is 3.12. The first kappa shape index (κ1) is 20.6. The summed E-state index contributed by atoms with van der Waals surface area (Å²) in [6.45, 7) is 0.394. The SMILES string of the molecule is O=C(COC(=O)c1ccc2c(=O)n3c(nc2c1)CCCCCC3)NC1CCCCC1. The first-order chi connectivity index (χ1) is 14.6. The fraction of sp³-hybridized carbons (Fsp3) is 0.565. The van der Waals surface area contributed by atoms with Gasteiger partial charge in [0.15, 0.2) is 6.61 Å². The predicted molar refractivity (Wildman–Crippen MR) is 113 cm³/mol. The number of aryl methyl sites for hydroxylation is 1. The molecule has 1 fully saturated rings. The molecule has 1 saturated carbocycles. The minimum Gasteiger partial charge on any atom is -0.452 e. The summed E-state index contributed by atoms with van der Waals surface area (Å²) in [6, 6.07) is 4.98. The number of nitrogens with zero attached hydrogens (tertiary/aromatic N) is 2. The molecule has 2 heterocycles. The standard InChI is InChI=1S/C23H29N3O4/c27-21(24-17-8-4-3-5-9-17)15-30-23(29)16-11-12-18-19(14-16)25-20-10-6-1-2-7-13-26(20)22(18)28/h11-12,14,17H,1-10,13,15H2,(H,24,27). The van der Waals surface area contributed by atoms with Gasteiger partial charge in [0, 0.05) is 19.0 Å². The van der Waals surface area contributed by atoms with Gasteiger partial charge in [-0.1, -0.05) is 32.1 Å². The van der Waals surface area contributed by atoms with Crippen LogP contribution in [0.4, 0.5) is 0 Å². The zero-order valence-electron chi connectivity index (χ0n) is 17.3. The number of aromatic nitrogens is 2. The Labute approximate surface area is 175 Å². The maximum Gasteiger partial charge on any atom is 0.338 e. The van der Waals surface area contributed by atoms with E-state index in [1.165, 1.54) is 6.42 Å². The van der Waals surface area contributed by atoms with Crippen molar-refractivity contribution in [3.05, 3.63) is 39.9 Å². The summed E-state index contributed by atoms with van der Waals surface area (Å²) in [6.07, 6.45) is 10.4. The topological polar surface area (TPSA) is 90.3 Å². The van der Waals surface area contributed by atoms with Gasteiger partial charge >= 0.3 is 5.97 Å². The Bertz CT molecular complexity index is 992. The second-order valence-electron chi connectivity index (χ2n) is 8.36. The molecule has 160 valence electrons. The van der Waals surface area contributed by atoms with E-state index in [4.69, 9.17) is 4.74 Å². The number of hydrogen-bond donors (Lipinski definition) is 1. The summed E-state index contributed by atoms with van der Waals surface area (Å²) < 4.78 is 6.97. The average Bonchev–Trinajstić information content (AvgIpc) is 2.74. The highest BCUT2D eigenvalue weighted by Crippen LogP contribution is 2.18. The van der Waals surface area contributed by atoms with Gasteiger partial charge in [-0.15, -0.1) is 0 Å². The molecule has 2 aliphatic rings. The molecule has 1 aromatic heterocycles. The number of esters is 1. The molecule has 0 radical (unpaired) electrons. The quantitative estimate of drug-likeness (QED) is 0.781. The third-order valence-electron chi connectivity index (χ3n) is 6.11. The summed E-state index contributed by atoms with van der Waals surface area (Å²) in [5, 5.41) is 3.44. The average molecular weight is 412 g/mol. The van der Waals surface area contributed by atoms with Gasteiger partial charge in [-0.25, -0.2) is 9.78 Å². The summed E-state index contributed by atoms with van der Waals surface area (Å²) >= 11 is 0. The maximum atomic E-state index is 12.9. The number of carbonyl (C=O) groups is 2. The number of ether oxygens (including phenoxy) is 1. The van der Waals surface area contributed by atoms with Crippen LogP contribution in [-0.2, 0) is 22.5 Å². The van der Waals surface area contributed by atoms with Crippen LogP contribution in [0, 0.1) is 0 Å². The van der Waals surface area contributed by atoms with Crippen LogP contribution in [0.2, 0.25) is 0 Å². The molecular weight excluding hydrogens is 382 g/mol. The summed E-state index contributed by atoms with van der Waals surface area (Å²) in [5.74, 6) is -0.0669. The van der Waals surface area contributed by atoms with Crippen molar-refractivity contribution >= 4 is 22.8 Å². The van der Waals surface area contributed by atoms with Crippen LogP contribution in [0.1, 0.15) is 74.0 Å². The van der Waals surface area contributed by atoms with Crippen molar-refractivity contribution in [3.63, 3.8) is 0 Å². The molecule has 0 bridgehead atoms. The number of rotatable bonds is 4. The Morgan fingerprint density at radius 2 is 1.83 bits per heavy atom. The van der Waals surface area contributed by atoms with Crippen LogP contribution in [0.15, 0.2) is 23.0 Å². The van der Waals surface area contributed by atoms with E-state index in [9.17, 15) is 14.4 Å². The van der Waals surface area contributed by atoms with Crippen molar-refractivity contribution < 1.29 is 14.3 Å². The van der Waals surface area contributed by atoms with Crippen molar-refractivity contribution in [2.24, 2.45) is 0 Å². The smallest absolute Gasteiger partial charge is 0.338 e. The molecular formula is C23H29N3O4. The molecule has 0 atom stereocenters. The highest BCUT2D eigenvalue weighted by atomic mass is 16.5. The number of nitrogens with one attached hydrogen (secondary N) is 1. The maximum absolute atomic E-state index is 12.9. The number of amides is 1. The first-order valence-corrected chi connectivity index (χ1v) is 11.1. The number of hydrogen-bond acceptors (Lipinski definition) is 5. The Morgan fingerprint density at radius 1 is 1.07 bits per heavy atom.